The maximum Gasteiger partial charge on any atom is 0.417 e. The summed E-state index contributed by atoms with van der Waals surface area (Å²) in [4.78, 5) is 12.3. The first-order valence-corrected chi connectivity index (χ1v) is 7.38. The molecule has 0 atom stereocenters. The van der Waals surface area contributed by atoms with Gasteiger partial charge in [0.05, 0.1) is 23.9 Å². The van der Waals surface area contributed by atoms with Crippen LogP contribution < -0.4 is 4.74 Å². The Balaban J connectivity index is 2.12. The average molecular weight is 334 g/mol. The Morgan fingerprint density at radius 2 is 2.08 bits per heavy atom. The second-order valence-electron chi connectivity index (χ2n) is 5.28. The molecule has 0 aliphatic heterocycles. The van der Waals surface area contributed by atoms with Gasteiger partial charge in [0.25, 0.3) is 0 Å². The molecule has 0 saturated heterocycles. The molecular formula is C15H14BF3N4O. The minimum absolute atomic E-state index is 0.181. The summed E-state index contributed by atoms with van der Waals surface area (Å²) in [5.41, 5.74) is 0.390. The fourth-order valence-corrected chi connectivity index (χ4v) is 2.36. The molecule has 5 nitrogen and oxygen atoms in total. The number of aryl methyl sites for hydroxylation is 1. The molecule has 0 bridgehead atoms. The number of pyridine rings is 2. The number of fused-ring (bicyclic) bond motifs is 1. The lowest BCUT2D eigenvalue weighted by Crippen LogP contribution is -2.05. The van der Waals surface area contributed by atoms with Crippen molar-refractivity contribution in [1.29, 1.82) is 0 Å². The molecule has 124 valence electrons. The third-order valence-corrected chi connectivity index (χ3v) is 3.52. The van der Waals surface area contributed by atoms with Crippen LogP contribution in [0.3, 0.4) is 0 Å². The van der Waals surface area contributed by atoms with E-state index < -0.39 is 11.7 Å². The van der Waals surface area contributed by atoms with Gasteiger partial charge in [0.2, 0.25) is 0 Å². The number of ether oxygens (including phenoxy) is 1. The zero-order valence-corrected chi connectivity index (χ0v) is 13.1. The first-order valence-electron chi connectivity index (χ1n) is 7.38. The summed E-state index contributed by atoms with van der Waals surface area (Å²) in [7, 11) is 3.68. The van der Waals surface area contributed by atoms with E-state index in [1.165, 1.54) is 0 Å². The van der Waals surface area contributed by atoms with Gasteiger partial charge >= 0.3 is 6.18 Å². The first-order chi connectivity index (χ1) is 11.4. The number of aromatic nitrogens is 4. The second kappa shape index (κ2) is 6.14. The van der Waals surface area contributed by atoms with Crippen molar-refractivity contribution in [2.45, 2.75) is 12.5 Å². The van der Waals surface area contributed by atoms with Crippen molar-refractivity contribution in [3.8, 4) is 17.1 Å². The highest BCUT2D eigenvalue weighted by molar-refractivity contribution is 6.08. The van der Waals surface area contributed by atoms with E-state index in [2.05, 4.69) is 15.0 Å². The number of nitrogens with zero attached hydrogens (tertiary/aromatic N) is 4. The fourth-order valence-electron chi connectivity index (χ4n) is 2.36. The Morgan fingerprint density at radius 1 is 1.29 bits per heavy atom. The van der Waals surface area contributed by atoms with Crippen LogP contribution in [0.2, 0.25) is 6.32 Å². The van der Waals surface area contributed by atoms with Crippen molar-refractivity contribution < 1.29 is 17.9 Å². The molecule has 0 spiro atoms. The van der Waals surface area contributed by atoms with Crippen LogP contribution in [0, 0.1) is 0 Å². The van der Waals surface area contributed by atoms with Gasteiger partial charge in [0.15, 0.2) is 5.65 Å². The third-order valence-electron chi connectivity index (χ3n) is 3.52. The molecule has 3 rings (SSSR count). The summed E-state index contributed by atoms with van der Waals surface area (Å²) in [6.45, 7) is 0.513. The topological polar surface area (TPSA) is 52.8 Å². The Labute approximate surface area is 136 Å². The number of halogens is 3. The molecule has 3 aromatic heterocycles. The zero-order valence-electron chi connectivity index (χ0n) is 13.1. The van der Waals surface area contributed by atoms with Gasteiger partial charge in [-0.1, -0.05) is 0 Å². The van der Waals surface area contributed by atoms with E-state index in [4.69, 9.17) is 4.74 Å². The average Bonchev–Trinajstić information content (AvgIpc) is 2.89. The van der Waals surface area contributed by atoms with E-state index in [9.17, 15) is 13.2 Å². The molecular weight excluding hydrogens is 320 g/mol. The molecule has 0 radical (unpaired) electrons. The smallest absolute Gasteiger partial charge is 0.417 e. The van der Waals surface area contributed by atoms with Crippen LogP contribution >= 0.6 is 0 Å². The van der Waals surface area contributed by atoms with Crippen LogP contribution in [0.15, 0.2) is 30.7 Å². The van der Waals surface area contributed by atoms with Crippen LogP contribution in [0.5, 0.6) is 5.75 Å². The van der Waals surface area contributed by atoms with E-state index in [1.807, 2.05) is 7.85 Å². The van der Waals surface area contributed by atoms with Crippen LogP contribution in [0.1, 0.15) is 5.56 Å². The summed E-state index contributed by atoms with van der Waals surface area (Å²) in [5.74, 6) is 1.01. The van der Waals surface area contributed by atoms with E-state index in [0.717, 1.165) is 18.6 Å². The lowest BCUT2D eigenvalue weighted by Gasteiger charge is -2.09. The third kappa shape index (κ3) is 2.93. The van der Waals surface area contributed by atoms with Crippen LogP contribution in [0.4, 0.5) is 13.2 Å². The lowest BCUT2D eigenvalue weighted by atomic mass is 10.1. The van der Waals surface area contributed by atoms with E-state index >= 15 is 0 Å². The Morgan fingerprint density at radius 3 is 2.79 bits per heavy atom. The van der Waals surface area contributed by atoms with Gasteiger partial charge in [-0.25, -0.2) is 9.97 Å². The standard InChI is InChI=1S/C15H14BF3N4O/c1-23-13(10-2-4-20-8-12(10)24-5-3-16)22-11-6-9(15(17,18)19)7-21-14(11)23/h2,4,6-8H,3,5,16H2,1H3. The van der Waals surface area contributed by atoms with Crippen molar-refractivity contribution in [3.63, 3.8) is 0 Å². The summed E-state index contributed by atoms with van der Waals surface area (Å²) in [6, 6.07) is 2.72. The molecule has 0 saturated carbocycles. The van der Waals surface area contributed by atoms with E-state index in [1.54, 1.807) is 30.1 Å². The normalized spacial score (nSPS) is 11.8. The minimum Gasteiger partial charge on any atom is -0.492 e. The zero-order chi connectivity index (χ0) is 17.3. The maximum atomic E-state index is 12.8. The monoisotopic (exact) mass is 334 g/mol. The largest absolute Gasteiger partial charge is 0.492 e. The highest BCUT2D eigenvalue weighted by Gasteiger charge is 2.31. The van der Waals surface area contributed by atoms with Crippen molar-refractivity contribution in [3.05, 3.63) is 36.3 Å². The molecule has 0 aromatic carbocycles. The van der Waals surface area contributed by atoms with Gasteiger partial charge in [-0.3, -0.25) is 4.98 Å². The van der Waals surface area contributed by atoms with Crippen molar-refractivity contribution >= 4 is 19.0 Å². The molecule has 24 heavy (non-hydrogen) atoms. The Kier molecular flexibility index (Phi) is 4.17. The van der Waals surface area contributed by atoms with Crippen LogP contribution in [-0.2, 0) is 13.2 Å². The molecule has 3 heterocycles. The van der Waals surface area contributed by atoms with Gasteiger partial charge in [0, 0.05) is 19.4 Å². The first kappa shape index (κ1) is 16.3. The summed E-state index contributed by atoms with van der Waals surface area (Å²) in [5, 5.41) is 0. The molecule has 3 aromatic rings. The molecule has 0 unspecified atom stereocenters. The van der Waals surface area contributed by atoms with E-state index in [0.29, 0.717) is 29.4 Å². The van der Waals surface area contributed by atoms with Crippen molar-refractivity contribution in [2.75, 3.05) is 6.61 Å². The van der Waals surface area contributed by atoms with E-state index in [-0.39, 0.29) is 5.52 Å². The lowest BCUT2D eigenvalue weighted by molar-refractivity contribution is -0.137. The summed E-state index contributed by atoms with van der Waals surface area (Å²) < 4.78 is 45.8. The number of rotatable bonds is 4. The maximum absolute atomic E-state index is 12.8. The summed E-state index contributed by atoms with van der Waals surface area (Å²) in [6.07, 6.45) is 0.341. The molecule has 9 heteroatoms. The quantitative estimate of drug-likeness (QED) is 0.688. The second-order valence-corrected chi connectivity index (χ2v) is 5.28. The van der Waals surface area contributed by atoms with Gasteiger partial charge < -0.3 is 9.30 Å². The Bertz CT molecular complexity index is 879. The number of hydrogen-bond donors (Lipinski definition) is 0. The molecule has 0 aliphatic rings. The van der Waals surface area contributed by atoms with Crippen molar-refractivity contribution in [2.24, 2.45) is 7.05 Å². The molecule has 0 fully saturated rings. The van der Waals surface area contributed by atoms with Crippen LogP contribution in [-0.4, -0.2) is 34.0 Å². The van der Waals surface area contributed by atoms with Gasteiger partial charge in [-0.2, -0.15) is 13.2 Å². The van der Waals surface area contributed by atoms with Gasteiger partial charge in [-0.15, -0.1) is 0 Å². The van der Waals surface area contributed by atoms with Crippen molar-refractivity contribution in [1.82, 2.24) is 19.5 Å². The minimum atomic E-state index is -4.45. The van der Waals surface area contributed by atoms with Crippen LogP contribution in [0.25, 0.3) is 22.6 Å². The fraction of sp³-hybridized carbons (Fsp3) is 0.267. The number of imidazole rings is 1. The number of alkyl halides is 3. The van der Waals surface area contributed by atoms with Gasteiger partial charge in [0.1, 0.15) is 24.9 Å². The predicted octanol–water partition coefficient (Wildman–Crippen LogP) is 2.48. The predicted molar refractivity (Wildman–Crippen MR) is 85.6 cm³/mol. The molecule has 0 N–H and O–H groups in total. The summed E-state index contributed by atoms with van der Waals surface area (Å²) >= 11 is 0. The number of hydrogen-bond acceptors (Lipinski definition) is 4. The SMILES string of the molecule is BCCOc1cnccc1-c1nc2cc(C(F)(F)F)cnc2n1C. The molecule has 0 aliphatic carbocycles. The highest BCUT2D eigenvalue weighted by atomic mass is 19.4. The molecule has 0 amide bonds. The van der Waals surface area contributed by atoms with Gasteiger partial charge in [-0.05, 0) is 18.5 Å². The Hall–Kier alpha value is -2.58. The highest BCUT2D eigenvalue weighted by Crippen LogP contribution is 2.33.